The number of thiol groups is 2. The molecule has 28 heavy (non-hydrogen) atoms. The van der Waals surface area contributed by atoms with E-state index in [2.05, 4.69) is 69.3 Å². The number of fused-ring (bicyclic) bond motifs is 3. The Morgan fingerprint density at radius 2 is 1.68 bits per heavy atom. The van der Waals surface area contributed by atoms with E-state index in [0.717, 1.165) is 52.1 Å². The van der Waals surface area contributed by atoms with Gasteiger partial charge in [-0.3, -0.25) is 14.6 Å². The van der Waals surface area contributed by atoms with Crippen molar-refractivity contribution in [1.82, 2.24) is 15.1 Å². The Morgan fingerprint density at radius 1 is 1.07 bits per heavy atom. The van der Waals surface area contributed by atoms with Crippen LogP contribution in [0, 0.1) is 5.92 Å². The van der Waals surface area contributed by atoms with Crippen LogP contribution in [-0.2, 0) is 9.53 Å². The molecule has 5 nitrogen and oxygen atoms in total. The van der Waals surface area contributed by atoms with Crippen molar-refractivity contribution in [2.75, 3.05) is 45.8 Å². The van der Waals surface area contributed by atoms with E-state index in [1.165, 1.54) is 0 Å². The lowest BCUT2D eigenvalue weighted by molar-refractivity contribution is -0.160. The summed E-state index contributed by atoms with van der Waals surface area (Å²) in [5.41, 5.74) is -0.144. The average molecular weight is 432 g/mol. The first kappa shape index (κ1) is 24.3. The van der Waals surface area contributed by atoms with Crippen molar-refractivity contribution in [3.63, 3.8) is 0 Å². The summed E-state index contributed by atoms with van der Waals surface area (Å²) in [6, 6.07) is 0. The van der Waals surface area contributed by atoms with Gasteiger partial charge in [-0.05, 0) is 73.4 Å². The zero-order valence-corrected chi connectivity index (χ0v) is 20.4. The molecule has 164 valence electrons. The SMILES string of the molecule is CC(C)(S)CNC(C)(C)CN(CC(=O)O[C@H]1CN2CCC1CC2)CC(C)(C)S. The van der Waals surface area contributed by atoms with E-state index in [-0.39, 0.29) is 27.1 Å². The van der Waals surface area contributed by atoms with E-state index in [1.54, 1.807) is 0 Å². The maximum absolute atomic E-state index is 12.7. The molecule has 3 fully saturated rings. The number of carbonyl (C=O) groups is 1. The summed E-state index contributed by atoms with van der Waals surface area (Å²) in [4.78, 5) is 17.3. The van der Waals surface area contributed by atoms with Crippen LogP contribution in [0.15, 0.2) is 0 Å². The van der Waals surface area contributed by atoms with Crippen molar-refractivity contribution < 1.29 is 9.53 Å². The molecule has 0 amide bonds. The summed E-state index contributed by atoms with van der Waals surface area (Å²) in [7, 11) is 0. The highest BCUT2D eigenvalue weighted by molar-refractivity contribution is 7.82. The molecule has 0 radical (unpaired) electrons. The lowest BCUT2D eigenvalue weighted by Crippen LogP contribution is -2.55. The second kappa shape index (κ2) is 9.46. The average Bonchev–Trinajstić information content (AvgIpc) is 2.51. The number of nitrogens with one attached hydrogen (secondary N) is 1. The van der Waals surface area contributed by atoms with Crippen molar-refractivity contribution in [3.8, 4) is 0 Å². The van der Waals surface area contributed by atoms with Gasteiger partial charge in [0.05, 0.1) is 6.54 Å². The van der Waals surface area contributed by atoms with Crippen LogP contribution in [-0.4, -0.2) is 82.7 Å². The van der Waals surface area contributed by atoms with Crippen LogP contribution >= 0.6 is 25.3 Å². The molecule has 1 N–H and O–H groups in total. The van der Waals surface area contributed by atoms with E-state index in [0.29, 0.717) is 12.5 Å². The molecular weight excluding hydrogens is 390 g/mol. The Kier molecular flexibility index (Phi) is 8.22. The van der Waals surface area contributed by atoms with Crippen molar-refractivity contribution in [1.29, 1.82) is 0 Å². The minimum atomic E-state index is -0.186. The maximum atomic E-state index is 12.7. The zero-order valence-electron chi connectivity index (χ0n) is 18.6. The lowest BCUT2D eigenvalue weighted by Gasteiger charge is -2.44. The van der Waals surface area contributed by atoms with Gasteiger partial charge in [-0.25, -0.2) is 0 Å². The molecule has 0 spiro atoms. The molecule has 3 aliphatic heterocycles. The summed E-state index contributed by atoms with van der Waals surface area (Å²) in [5.74, 6) is 0.432. The highest BCUT2D eigenvalue weighted by Gasteiger charge is 2.37. The van der Waals surface area contributed by atoms with Gasteiger partial charge < -0.3 is 10.1 Å². The molecule has 0 saturated carbocycles. The molecule has 1 atom stereocenters. The molecule has 0 aromatic carbocycles. The van der Waals surface area contributed by atoms with E-state index in [4.69, 9.17) is 17.4 Å². The Labute approximate surface area is 183 Å². The first-order chi connectivity index (χ1) is 12.7. The molecule has 3 saturated heterocycles. The monoisotopic (exact) mass is 431 g/mol. The third-order valence-corrected chi connectivity index (χ3v) is 5.76. The molecule has 3 aliphatic rings. The minimum absolute atomic E-state index is 0.0666. The van der Waals surface area contributed by atoms with Crippen LogP contribution in [0.1, 0.15) is 54.4 Å². The summed E-state index contributed by atoms with van der Waals surface area (Å²) < 4.78 is 5.65. The Balaban J connectivity index is 1.93. The van der Waals surface area contributed by atoms with Crippen molar-refractivity contribution in [3.05, 3.63) is 0 Å². The van der Waals surface area contributed by atoms with Gasteiger partial charge in [0.15, 0.2) is 0 Å². The van der Waals surface area contributed by atoms with E-state index in [1.807, 2.05) is 0 Å². The van der Waals surface area contributed by atoms with Gasteiger partial charge in [0.1, 0.15) is 6.10 Å². The quantitative estimate of drug-likeness (QED) is 0.367. The number of esters is 1. The van der Waals surface area contributed by atoms with Gasteiger partial charge in [0, 0.05) is 41.2 Å². The number of ether oxygens (including phenoxy) is 1. The number of piperidine rings is 3. The van der Waals surface area contributed by atoms with Gasteiger partial charge >= 0.3 is 5.97 Å². The maximum Gasteiger partial charge on any atom is 0.320 e. The first-order valence-electron chi connectivity index (χ1n) is 10.6. The summed E-state index contributed by atoms with van der Waals surface area (Å²) in [5, 5.41) is 3.59. The highest BCUT2D eigenvalue weighted by atomic mass is 32.1. The van der Waals surface area contributed by atoms with Gasteiger partial charge in [-0.2, -0.15) is 25.3 Å². The zero-order chi connectivity index (χ0) is 21.2. The predicted molar refractivity (Wildman–Crippen MR) is 124 cm³/mol. The van der Waals surface area contributed by atoms with Crippen LogP contribution in [0.3, 0.4) is 0 Å². The molecule has 0 aliphatic carbocycles. The van der Waals surface area contributed by atoms with E-state index >= 15 is 0 Å². The fourth-order valence-electron chi connectivity index (χ4n) is 4.22. The Hall–Kier alpha value is 0.0500. The van der Waals surface area contributed by atoms with E-state index in [9.17, 15) is 4.79 Å². The van der Waals surface area contributed by atoms with Crippen molar-refractivity contribution in [2.45, 2.75) is 75.5 Å². The van der Waals surface area contributed by atoms with Gasteiger partial charge in [-0.1, -0.05) is 0 Å². The number of nitrogens with zero attached hydrogens (tertiary/aromatic N) is 2. The number of hydrogen-bond acceptors (Lipinski definition) is 7. The number of hydrogen-bond donors (Lipinski definition) is 3. The predicted octanol–water partition coefficient (Wildman–Crippen LogP) is 2.71. The summed E-state index contributed by atoms with van der Waals surface area (Å²) >= 11 is 9.31. The van der Waals surface area contributed by atoms with Crippen molar-refractivity contribution >= 4 is 31.2 Å². The second-order valence-electron chi connectivity index (χ2n) is 10.7. The van der Waals surface area contributed by atoms with Gasteiger partial charge in [0.25, 0.3) is 0 Å². The fourth-order valence-corrected chi connectivity index (χ4v) is 4.50. The number of carbonyl (C=O) groups excluding carboxylic acids is 1. The van der Waals surface area contributed by atoms with Crippen LogP contribution in [0.25, 0.3) is 0 Å². The molecule has 3 heterocycles. The molecule has 2 bridgehead atoms. The third-order valence-electron chi connectivity index (χ3n) is 5.46. The first-order valence-corrected chi connectivity index (χ1v) is 11.5. The van der Waals surface area contributed by atoms with Crippen LogP contribution in [0.2, 0.25) is 0 Å². The second-order valence-corrected chi connectivity index (χ2v) is 13.1. The molecule has 7 heteroatoms. The lowest BCUT2D eigenvalue weighted by atomic mass is 9.86. The summed E-state index contributed by atoms with van der Waals surface area (Å²) in [6.45, 7) is 18.5. The van der Waals surface area contributed by atoms with Crippen molar-refractivity contribution in [2.24, 2.45) is 5.92 Å². The molecular formula is C21H41N3O2S2. The third kappa shape index (κ3) is 8.82. The normalized spacial score (nSPS) is 26.0. The molecule has 0 unspecified atom stereocenters. The smallest absolute Gasteiger partial charge is 0.320 e. The molecule has 3 rings (SSSR count). The molecule has 0 aromatic rings. The van der Waals surface area contributed by atoms with Gasteiger partial charge in [-0.15, -0.1) is 0 Å². The molecule has 0 aromatic heterocycles. The van der Waals surface area contributed by atoms with E-state index < -0.39 is 0 Å². The Morgan fingerprint density at radius 3 is 2.14 bits per heavy atom. The standard InChI is InChI=1S/C21H41N3O2S2/c1-19(2,22-13-20(3,4)27)14-24(15-21(5,6)28)12-18(25)26-17-11-23-9-7-16(17)8-10-23/h16-17,22,27-28H,7-15H2,1-6H3/t17-/m0/s1. The van der Waals surface area contributed by atoms with Gasteiger partial charge in [0.2, 0.25) is 0 Å². The van der Waals surface area contributed by atoms with Crippen LogP contribution in [0.4, 0.5) is 0 Å². The van der Waals surface area contributed by atoms with Crippen LogP contribution < -0.4 is 5.32 Å². The highest BCUT2D eigenvalue weighted by Crippen LogP contribution is 2.29. The Bertz CT molecular complexity index is 521. The summed E-state index contributed by atoms with van der Waals surface area (Å²) in [6.07, 6.45) is 2.38. The fraction of sp³-hybridized carbons (Fsp3) is 0.952. The minimum Gasteiger partial charge on any atom is -0.460 e. The van der Waals surface area contributed by atoms with Crippen LogP contribution in [0.5, 0.6) is 0 Å². The largest absolute Gasteiger partial charge is 0.460 e. The topological polar surface area (TPSA) is 44.8 Å². The number of rotatable bonds is 10.